The van der Waals surface area contributed by atoms with Crippen LogP contribution in [0.3, 0.4) is 0 Å². The highest BCUT2D eigenvalue weighted by Crippen LogP contribution is 2.21. The Hall–Kier alpha value is -3.46. The molecule has 174 valence electrons. The molecule has 0 atom stereocenters. The summed E-state index contributed by atoms with van der Waals surface area (Å²) in [4.78, 5) is 44.1. The number of nitrogens with one attached hydrogen (secondary N) is 2. The zero-order valence-electron chi connectivity index (χ0n) is 18.4. The maximum Gasteiger partial charge on any atom is 0.342 e. The lowest BCUT2D eigenvalue weighted by Crippen LogP contribution is -2.37. The van der Waals surface area contributed by atoms with Crippen LogP contribution in [0.25, 0.3) is 0 Å². The molecule has 9 nitrogen and oxygen atoms in total. The third-order valence-electron chi connectivity index (χ3n) is 5.79. The Kier molecular flexibility index (Phi) is 7.51. The summed E-state index contributed by atoms with van der Waals surface area (Å²) in [5.74, 6) is -0.867. The van der Waals surface area contributed by atoms with Gasteiger partial charge in [0.25, 0.3) is 11.8 Å². The van der Waals surface area contributed by atoms with Gasteiger partial charge < -0.3 is 25.0 Å². The first kappa shape index (κ1) is 22.7. The van der Waals surface area contributed by atoms with Gasteiger partial charge in [-0.25, -0.2) is 9.78 Å². The van der Waals surface area contributed by atoms with Crippen LogP contribution in [0.5, 0.6) is 0 Å². The fourth-order valence-electron chi connectivity index (χ4n) is 4.10. The fraction of sp³-hybridized carbons (Fsp3) is 0.417. The van der Waals surface area contributed by atoms with Crippen molar-refractivity contribution in [2.24, 2.45) is 0 Å². The summed E-state index contributed by atoms with van der Waals surface area (Å²) in [6.07, 6.45) is 5.77. The van der Waals surface area contributed by atoms with Gasteiger partial charge in [0, 0.05) is 25.3 Å². The number of rotatable bonds is 7. The van der Waals surface area contributed by atoms with Crippen LogP contribution in [-0.4, -0.2) is 61.7 Å². The van der Waals surface area contributed by atoms with Gasteiger partial charge in [0.2, 0.25) is 0 Å². The number of esters is 1. The number of morpholine rings is 1. The highest BCUT2D eigenvalue weighted by atomic mass is 16.5. The van der Waals surface area contributed by atoms with Crippen LogP contribution >= 0.6 is 0 Å². The average Bonchev–Trinajstić information content (AvgIpc) is 3.36. The Morgan fingerprint density at radius 3 is 2.55 bits per heavy atom. The third kappa shape index (κ3) is 5.87. The smallest absolute Gasteiger partial charge is 0.342 e. The second-order valence-corrected chi connectivity index (χ2v) is 8.10. The lowest BCUT2D eigenvalue weighted by molar-refractivity contribution is -0.119. The average molecular weight is 453 g/mol. The summed E-state index contributed by atoms with van der Waals surface area (Å²) in [6, 6.07) is 10.2. The molecule has 0 bridgehead atoms. The number of carbonyl (C=O) groups excluding carboxylic acids is 3. The van der Waals surface area contributed by atoms with Gasteiger partial charge in [0.15, 0.2) is 6.61 Å². The van der Waals surface area contributed by atoms with Gasteiger partial charge in [-0.1, -0.05) is 25.0 Å². The number of benzene rings is 1. The van der Waals surface area contributed by atoms with E-state index in [1.807, 2.05) is 4.90 Å². The van der Waals surface area contributed by atoms with Gasteiger partial charge in [-0.15, -0.1) is 0 Å². The van der Waals surface area contributed by atoms with Crippen molar-refractivity contribution in [2.75, 3.05) is 43.1 Å². The van der Waals surface area contributed by atoms with Crippen LogP contribution in [0.4, 0.5) is 11.5 Å². The van der Waals surface area contributed by atoms with E-state index in [9.17, 15) is 14.4 Å². The molecule has 0 radical (unpaired) electrons. The molecule has 1 aromatic carbocycles. The Labute approximate surface area is 192 Å². The van der Waals surface area contributed by atoms with Gasteiger partial charge in [-0.05, 0) is 37.1 Å². The van der Waals surface area contributed by atoms with Crippen molar-refractivity contribution in [2.45, 2.75) is 31.7 Å². The molecule has 1 saturated heterocycles. The van der Waals surface area contributed by atoms with Gasteiger partial charge in [-0.3, -0.25) is 9.59 Å². The molecule has 1 aliphatic carbocycles. The molecule has 2 aromatic rings. The summed E-state index contributed by atoms with van der Waals surface area (Å²) in [7, 11) is 0. The summed E-state index contributed by atoms with van der Waals surface area (Å²) in [5.41, 5.74) is 1.05. The topological polar surface area (TPSA) is 110 Å². The number of ether oxygens (including phenoxy) is 2. The molecule has 1 saturated carbocycles. The predicted molar refractivity (Wildman–Crippen MR) is 122 cm³/mol. The Morgan fingerprint density at radius 2 is 1.76 bits per heavy atom. The van der Waals surface area contributed by atoms with Crippen molar-refractivity contribution in [1.29, 1.82) is 0 Å². The molecule has 0 unspecified atom stereocenters. The summed E-state index contributed by atoms with van der Waals surface area (Å²) < 4.78 is 10.6. The lowest BCUT2D eigenvalue weighted by Gasteiger charge is -2.28. The number of hydrogen-bond acceptors (Lipinski definition) is 7. The highest BCUT2D eigenvalue weighted by molar-refractivity contribution is 6.04. The maximum absolute atomic E-state index is 12.7. The molecule has 2 aliphatic rings. The minimum absolute atomic E-state index is 0.169. The van der Waals surface area contributed by atoms with Crippen molar-refractivity contribution in [3.63, 3.8) is 0 Å². The summed E-state index contributed by atoms with van der Waals surface area (Å²) in [6.45, 7) is 1.88. The summed E-state index contributed by atoms with van der Waals surface area (Å²) in [5, 5.41) is 5.70. The molecule has 9 heteroatoms. The van der Waals surface area contributed by atoms with E-state index in [1.54, 1.807) is 42.6 Å². The maximum atomic E-state index is 12.7. The molecule has 1 aromatic heterocycles. The van der Waals surface area contributed by atoms with Gasteiger partial charge in [0.05, 0.1) is 24.5 Å². The minimum atomic E-state index is -0.632. The van der Waals surface area contributed by atoms with Crippen molar-refractivity contribution in [3.8, 4) is 0 Å². The second-order valence-electron chi connectivity index (χ2n) is 8.10. The fourth-order valence-corrected chi connectivity index (χ4v) is 4.10. The molecule has 2 N–H and O–H groups in total. The number of amides is 2. The molecule has 0 spiro atoms. The minimum Gasteiger partial charge on any atom is -0.452 e. The van der Waals surface area contributed by atoms with E-state index in [-0.39, 0.29) is 11.9 Å². The molecular formula is C24H28N4O5. The third-order valence-corrected chi connectivity index (χ3v) is 5.79. The van der Waals surface area contributed by atoms with Crippen LogP contribution in [0.2, 0.25) is 0 Å². The van der Waals surface area contributed by atoms with E-state index in [0.29, 0.717) is 48.9 Å². The molecule has 33 heavy (non-hydrogen) atoms. The van der Waals surface area contributed by atoms with Crippen LogP contribution < -0.4 is 15.5 Å². The molecule has 1 aliphatic heterocycles. The van der Waals surface area contributed by atoms with Gasteiger partial charge in [-0.2, -0.15) is 0 Å². The summed E-state index contributed by atoms with van der Waals surface area (Å²) >= 11 is 0. The first-order valence-electron chi connectivity index (χ1n) is 11.3. The zero-order chi connectivity index (χ0) is 23.0. The predicted octanol–water partition coefficient (Wildman–Crippen LogP) is 2.39. The number of carbonyl (C=O) groups is 3. The van der Waals surface area contributed by atoms with E-state index >= 15 is 0 Å². The first-order valence-corrected chi connectivity index (χ1v) is 11.3. The highest BCUT2D eigenvalue weighted by Gasteiger charge is 2.23. The normalized spacial score (nSPS) is 16.3. The Balaban J connectivity index is 1.36. The Morgan fingerprint density at radius 1 is 1.03 bits per heavy atom. The van der Waals surface area contributed by atoms with Gasteiger partial charge >= 0.3 is 5.97 Å². The van der Waals surface area contributed by atoms with Crippen LogP contribution in [0.15, 0.2) is 42.6 Å². The molecule has 4 rings (SSSR count). The number of nitrogens with zero attached hydrogens (tertiary/aromatic N) is 2. The van der Waals surface area contributed by atoms with E-state index in [0.717, 1.165) is 25.7 Å². The second kappa shape index (κ2) is 10.9. The largest absolute Gasteiger partial charge is 0.452 e. The van der Waals surface area contributed by atoms with Crippen LogP contribution in [0, 0.1) is 0 Å². The number of anilines is 2. The van der Waals surface area contributed by atoms with Gasteiger partial charge in [0.1, 0.15) is 11.4 Å². The van der Waals surface area contributed by atoms with E-state index in [4.69, 9.17) is 9.47 Å². The number of pyridine rings is 1. The first-order chi connectivity index (χ1) is 16.1. The zero-order valence-corrected chi connectivity index (χ0v) is 18.4. The van der Waals surface area contributed by atoms with Crippen LogP contribution in [-0.2, 0) is 14.3 Å². The number of para-hydroxylation sites is 1. The van der Waals surface area contributed by atoms with Crippen molar-refractivity contribution in [1.82, 2.24) is 10.3 Å². The monoisotopic (exact) mass is 452 g/mol. The molecular weight excluding hydrogens is 424 g/mol. The van der Waals surface area contributed by atoms with E-state index < -0.39 is 18.5 Å². The quantitative estimate of drug-likeness (QED) is 0.621. The van der Waals surface area contributed by atoms with E-state index in [1.165, 1.54) is 0 Å². The number of aromatic nitrogens is 1. The van der Waals surface area contributed by atoms with E-state index in [2.05, 4.69) is 15.6 Å². The molecule has 2 heterocycles. The lowest BCUT2D eigenvalue weighted by atomic mass is 10.1. The molecule has 2 fully saturated rings. The number of hydrogen-bond donors (Lipinski definition) is 2. The van der Waals surface area contributed by atoms with Crippen molar-refractivity contribution in [3.05, 3.63) is 53.7 Å². The Bertz CT molecular complexity index is 1000. The molecule has 2 amide bonds. The van der Waals surface area contributed by atoms with Crippen molar-refractivity contribution >= 4 is 29.3 Å². The standard InChI is InChI=1S/C24H28N4O5/c29-21(27-20-10-4-3-8-18(20)23(30)26-17-6-1-2-7-17)16-33-24(31)19-9-5-11-25-22(19)28-12-14-32-15-13-28/h3-5,8-11,17H,1-2,6-7,12-16H2,(H,26,30)(H,27,29). The van der Waals surface area contributed by atoms with Crippen molar-refractivity contribution < 1.29 is 23.9 Å². The van der Waals surface area contributed by atoms with Crippen LogP contribution in [0.1, 0.15) is 46.4 Å². The SMILES string of the molecule is O=C(COC(=O)c1cccnc1N1CCOCC1)Nc1ccccc1C(=O)NC1CCCC1.